The molecule has 0 spiro atoms. The van der Waals surface area contributed by atoms with E-state index in [1.165, 1.54) is 38.7 Å². The van der Waals surface area contributed by atoms with Crippen molar-refractivity contribution >= 4 is 11.5 Å². The van der Waals surface area contributed by atoms with Crippen LogP contribution in [0, 0.1) is 11.2 Å². The number of nitrogens with one attached hydrogen (secondary N) is 1. The monoisotopic (exact) mass is 292 g/mol. The lowest BCUT2D eigenvalue weighted by atomic mass is 9.85. The van der Waals surface area contributed by atoms with Gasteiger partial charge in [-0.05, 0) is 46.0 Å². The highest BCUT2D eigenvalue weighted by Gasteiger charge is 2.34. The minimum atomic E-state index is -0.444. The molecule has 0 bridgehead atoms. The van der Waals surface area contributed by atoms with Crippen LogP contribution in [0.25, 0.3) is 0 Å². The quantitative estimate of drug-likeness (QED) is 0.814. The molecule has 4 heteroatoms. The van der Waals surface area contributed by atoms with Crippen LogP contribution in [0.5, 0.6) is 0 Å². The highest BCUT2D eigenvalue weighted by atomic mass is 19.1. The predicted molar refractivity (Wildman–Crippen MR) is 84.3 cm³/mol. The molecule has 0 unspecified atom stereocenters. The summed E-state index contributed by atoms with van der Waals surface area (Å²) < 4.78 is 13.8. The molecular formula is C17H25FN2O. The molecule has 3 nitrogen and oxygen atoms in total. The number of carbonyl (C=O) groups excluding carboxylic acids is 1. The van der Waals surface area contributed by atoms with E-state index in [1.54, 1.807) is 12.1 Å². The Morgan fingerprint density at radius 2 is 2.00 bits per heavy atom. The molecule has 1 aliphatic rings. The Kier molecular flexibility index (Phi) is 4.99. The Hall–Kier alpha value is -1.42. The third-order valence-corrected chi connectivity index (χ3v) is 4.34. The molecule has 0 heterocycles. The highest BCUT2D eigenvalue weighted by molar-refractivity contribution is 5.99. The first-order chi connectivity index (χ1) is 9.93. The zero-order valence-electron chi connectivity index (χ0n) is 13.2. The van der Waals surface area contributed by atoms with Crippen LogP contribution in [-0.4, -0.2) is 37.9 Å². The minimum absolute atomic E-state index is 0.176. The van der Waals surface area contributed by atoms with E-state index in [-0.39, 0.29) is 16.8 Å². The van der Waals surface area contributed by atoms with Gasteiger partial charge >= 0.3 is 0 Å². The van der Waals surface area contributed by atoms with Crippen LogP contribution in [0.15, 0.2) is 18.2 Å². The maximum absolute atomic E-state index is 13.8. The van der Waals surface area contributed by atoms with E-state index in [0.717, 1.165) is 13.1 Å². The normalized spacial score (nSPS) is 17.2. The van der Waals surface area contributed by atoms with Gasteiger partial charge in [-0.1, -0.05) is 18.9 Å². The van der Waals surface area contributed by atoms with Crippen molar-refractivity contribution in [3.63, 3.8) is 0 Å². The van der Waals surface area contributed by atoms with Gasteiger partial charge in [-0.25, -0.2) is 4.39 Å². The maximum Gasteiger partial charge on any atom is 0.164 e. The third-order valence-electron chi connectivity index (χ3n) is 4.34. The fourth-order valence-electron chi connectivity index (χ4n) is 3.50. The minimum Gasteiger partial charge on any atom is -0.384 e. The maximum atomic E-state index is 13.8. The first-order valence-corrected chi connectivity index (χ1v) is 7.62. The molecule has 1 aromatic carbocycles. The molecular weight excluding hydrogens is 267 g/mol. The van der Waals surface area contributed by atoms with Gasteiger partial charge in [0.1, 0.15) is 5.82 Å². The molecule has 1 aliphatic carbocycles. The number of hydrogen-bond acceptors (Lipinski definition) is 3. The molecule has 1 fully saturated rings. The fourth-order valence-corrected chi connectivity index (χ4v) is 3.50. The van der Waals surface area contributed by atoms with E-state index >= 15 is 0 Å². The van der Waals surface area contributed by atoms with Crippen LogP contribution >= 0.6 is 0 Å². The van der Waals surface area contributed by atoms with Crippen molar-refractivity contribution in [1.82, 2.24) is 4.90 Å². The molecule has 2 rings (SSSR count). The van der Waals surface area contributed by atoms with Gasteiger partial charge in [-0.15, -0.1) is 0 Å². The van der Waals surface area contributed by atoms with Crippen molar-refractivity contribution in [2.45, 2.75) is 32.6 Å². The number of nitrogens with zero attached hydrogens (tertiary/aromatic N) is 1. The summed E-state index contributed by atoms with van der Waals surface area (Å²) in [7, 11) is 4.17. The lowest BCUT2D eigenvalue weighted by Gasteiger charge is -2.33. The average Bonchev–Trinajstić information content (AvgIpc) is 2.84. The topological polar surface area (TPSA) is 32.3 Å². The second-order valence-electron chi connectivity index (χ2n) is 6.52. The summed E-state index contributed by atoms with van der Waals surface area (Å²) in [5, 5.41) is 3.34. The summed E-state index contributed by atoms with van der Waals surface area (Å²) in [6, 6.07) is 4.78. The van der Waals surface area contributed by atoms with Crippen LogP contribution in [0.4, 0.5) is 10.1 Å². The molecule has 21 heavy (non-hydrogen) atoms. The van der Waals surface area contributed by atoms with Crippen molar-refractivity contribution in [2.75, 3.05) is 32.5 Å². The van der Waals surface area contributed by atoms with Gasteiger partial charge in [0.15, 0.2) is 5.78 Å². The van der Waals surface area contributed by atoms with Crippen molar-refractivity contribution in [1.29, 1.82) is 0 Å². The molecule has 1 aromatic rings. The van der Waals surface area contributed by atoms with Gasteiger partial charge < -0.3 is 10.2 Å². The molecule has 0 saturated heterocycles. The van der Waals surface area contributed by atoms with Crippen molar-refractivity contribution in [3.8, 4) is 0 Å². The molecule has 1 N–H and O–H groups in total. The smallest absolute Gasteiger partial charge is 0.164 e. The van der Waals surface area contributed by atoms with E-state index in [0.29, 0.717) is 5.69 Å². The van der Waals surface area contributed by atoms with Crippen LogP contribution in [0.1, 0.15) is 43.0 Å². The summed E-state index contributed by atoms with van der Waals surface area (Å²) in [5.41, 5.74) is 1.02. The first kappa shape index (κ1) is 16.0. The van der Waals surface area contributed by atoms with Gasteiger partial charge in [-0.3, -0.25) is 4.79 Å². The van der Waals surface area contributed by atoms with Gasteiger partial charge in [-0.2, -0.15) is 0 Å². The number of benzene rings is 1. The Bertz CT molecular complexity index is 508. The zero-order chi connectivity index (χ0) is 15.5. The number of rotatable bonds is 6. The number of anilines is 1. The van der Waals surface area contributed by atoms with Crippen molar-refractivity contribution < 1.29 is 9.18 Å². The van der Waals surface area contributed by atoms with Gasteiger partial charge in [0.25, 0.3) is 0 Å². The van der Waals surface area contributed by atoms with E-state index in [1.807, 2.05) is 0 Å². The first-order valence-electron chi connectivity index (χ1n) is 7.62. The molecule has 116 valence electrons. The summed E-state index contributed by atoms with van der Waals surface area (Å²) in [5.74, 6) is -0.677. The molecule has 0 aliphatic heterocycles. The Labute approximate surface area is 126 Å². The molecule has 0 atom stereocenters. The molecule has 1 saturated carbocycles. The number of carbonyl (C=O) groups is 1. The standard InChI is InChI=1S/C17H25FN2O/c1-13(21)16-14(18)7-6-8-15(16)19-11-17(12-20(2)3)9-4-5-10-17/h6-8,19H,4-5,9-12H2,1-3H3. The Morgan fingerprint density at radius 3 is 2.57 bits per heavy atom. The van der Waals surface area contributed by atoms with Crippen LogP contribution in [0.3, 0.4) is 0 Å². The number of Topliss-reactive ketones (excluding diaryl/α,β-unsaturated/α-hetero) is 1. The van der Waals surface area contributed by atoms with E-state index in [4.69, 9.17) is 0 Å². The lowest BCUT2D eigenvalue weighted by Crippen LogP contribution is -2.37. The van der Waals surface area contributed by atoms with Crippen LogP contribution in [-0.2, 0) is 0 Å². The molecule has 0 amide bonds. The van der Waals surface area contributed by atoms with E-state index < -0.39 is 5.82 Å². The summed E-state index contributed by atoms with van der Waals surface area (Å²) in [6.07, 6.45) is 4.86. The number of halogens is 1. The Balaban J connectivity index is 2.15. The second kappa shape index (κ2) is 6.56. The third kappa shape index (κ3) is 3.82. The van der Waals surface area contributed by atoms with Crippen LogP contribution in [0.2, 0.25) is 0 Å². The largest absolute Gasteiger partial charge is 0.384 e. The van der Waals surface area contributed by atoms with Crippen molar-refractivity contribution in [3.05, 3.63) is 29.6 Å². The van der Waals surface area contributed by atoms with Crippen molar-refractivity contribution in [2.24, 2.45) is 5.41 Å². The molecule has 0 aromatic heterocycles. The SMILES string of the molecule is CC(=O)c1c(F)cccc1NCC1(CN(C)C)CCCC1. The number of hydrogen-bond donors (Lipinski definition) is 1. The Morgan fingerprint density at radius 1 is 1.33 bits per heavy atom. The summed E-state index contributed by atoms with van der Waals surface area (Å²) in [4.78, 5) is 13.9. The lowest BCUT2D eigenvalue weighted by molar-refractivity contribution is 0.101. The average molecular weight is 292 g/mol. The van der Waals surface area contributed by atoms with Crippen LogP contribution < -0.4 is 5.32 Å². The van der Waals surface area contributed by atoms with Gasteiger partial charge in [0.2, 0.25) is 0 Å². The summed E-state index contributed by atoms with van der Waals surface area (Å²) in [6.45, 7) is 3.22. The second-order valence-corrected chi connectivity index (χ2v) is 6.52. The predicted octanol–water partition coefficient (Wildman–Crippen LogP) is 3.56. The van der Waals surface area contributed by atoms with E-state index in [9.17, 15) is 9.18 Å². The summed E-state index contributed by atoms with van der Waals surface area (Å²) >= 11 is 0. The fraction of sp³-hybridized carbons (Fsp3) is 0.588. The van der Waals surface area contributed by atoms with E-state index in [2.05, 4.69) is 24.3 Å². The van der Waals surface area contributed by atoms with Gasteiger partial charge in [0, 0.05) is 24.2 Å². The number of ketones is 1. The molecule has 0 radical (unpaired) electrons. The highest BCUT2D eigenvalue weighted by Crippen LogP contribution is 2.39. The van der Waals surface area contributed by atoms with Gasteiger partial charge in [0.05, 0.1) is 5.56 Å². The zero-order valence-corrected chi connectivity index (χ0v) is 13.2.